The number of nitrogens with zero attached hydrogens (tertiary/aromatic N) is 2. The van der Waals surface area contributed by atoms with Gasteiger partial charge in [0, 0.05) is 27.6 Å². The van der Waals surface area contributed by atoms with E-state index in [-0.39, 0.29) is 11.5 Å². The van der Waals surface area contributed by atoms with E-state index in [4.69, 9.17) is 4.98 Å². The number of ketones is 1. The van der Waals surface area contributed by atoms with Crippen molar-refractivity contribution in [3.8, 4) is 16.5 Å². The van der Waals surface area contributed by atoms with Gasteiger partial charge in [-0.2, -0.15) is 5.26 Å². The molecule has 3 aromatic rings. The summed E-state index contributed by atoms with van der Waals surface area (Å²) < 4.78 is 0. The SMILES string of the molecule is N#Cc1c(-c2cccs2)cc(C2CC2)nc1SCC(=O)c1ccccc1. The van der Waals surface area contributed by atoms with E-state index in [1.54, 1.807) is 11.3 Å². The molecule has 4 rings (SSSR count). The molecule has 2 heterocycles. The summed E-state index contributed by atoms with van der Waals surface area (Å²) in [4.78, 5) is 18.2. The number of thioether (sulfide) groups is 1. The highest BCUT2D eigenvalue weighted by atomic mass is 32.2. The smallest absolute Gasteiger partial charge is 0.173 e. The van der Waals surface area contributed by atoms with E-state index in [1.165, 1.54) is 11.8 Å². The van der Waals surface area contributed by atoms with E-state index in [2.05, 4.69) is 12.1 Å². The Morgan fingerprint density at radius 2 is 2.04 bits per heavy atom. The number of hydrogen-bond acceptors (Lipinski definition) is 5. The Kier molecular flexibility index (Phi) is 4.87. The molecular weight excluding hydrogens is 360 g/mol. The lowest BCUT2D eigenvalue weighted by molar-refractivity contribution is 0.102. The maximum absolute atomic E-state index is 12.4. The number of carbonyl (C=O) groups excluding carboxylic acids is 1. The minimum atomic E-state index is 0.0517. The molecule has 0 aliphatic heterocycles. The fourth-order valence-electron chi connectivity index (χ4n) is 2.81. The number of thiophene rings is 1. The first-order chi connectivity index (χ1) is 12.8. The van der Waals surface area contributed by atoms with Crippen LogP contribution in [0.3, 0.4) is 0 Å². The fraction of sp³-hybridized carbons (Fsp3) is 0.190. The number of hydrogen-bond donors (Lipinski definition) is 0. The Labute approximate surface area is 160 Å². The van der Waals surface area contributed by atoms with Gasteiger partial charge in [0.1, 0.15) is 11.1 Å². The van der Waals surface area contributed by atoms with E-state index in [1.807, 2.05) is 47.8 Å². The van der Waals surface area contributed by atoms with Crippen molar-refractivity contribution in [2.24, 2.45) is 0 Å². The molecular formula is C21H16N2OS2. The van der Waals surface area contributed by atoms with E-state index in [0.29, 0.717) is 22.1 Å². The molecule has 0 bridgehead atoms. The van der Waals surface area contributed by atoms with Gasteiger partial charge >= 0.3 is 0 Å². The maximum atomic E-state index is 12.4. The number of pyridine rings is 1. The Morgan fingerprint density at radius 1 is 1.23 bits per heavy atom. The summed E-state index contributed by atoms with van der Waals surface area (Å²) in [5.41, 5.74) is 3.24. The quantitative estimate of drug-likeness (QED) is 0.419. The van der Waals surface area contributed by atoms with Gasteiger partial charge < -0.3 is 0 Å². The van der Waals surface area contributed by atoms with Crippen molar-refractivity contribution in [2.45, 2.75) is 23.8 Å². The number of nitriles is 1. The molecule has 1 aliphatic rings. The standard InChI is InChI=1S/C21H16N2OS2/c22-12-17-16(20-7-4-10-25-20)11-18(14-8-9-14)23-21(17)26-13-19(24)15-5-2-1-3-6-15/h1-7,10-11,14H,8-9,13H2. The second-order valence-electron chi connectivity index (χ2n) is 6.22. The fourth-order valence-corrected chi connectivity index (χ4v) is 4.46. The lowest BCUT2D eigenvalue weighted by Crippen LogP contribution is -2.04. The number of aromatic nitrogens is 1. The van der Waals surface area contributed by atoms with Gasteiger partial charge in [-0.05, 0) is 30.4 Å². The minimum absolute atomic E-state index is 0.0517. The van der Waals surface area contributed by atoms with Crippen molar-refractivity contribution < 1.29 is 4.79 Å². The van der Waals surface area contributed by atoms with Crippen LogP contribution in [0.15, 0.2) is 58.9 Å². The third kappa shape index (κ3) is 3.57. The largest absolute Gasteiger partial charge is 0.293 e. The van der Waals surface area contributed by atoms with Gasteiger partial charge in [0.2, 0.25) is 0 Å². The molecule has 0 atom stereocenters. The zero-order valence-corrected chi connectivity index (χ0v) is 15.6. The maximum Gasteiger partial charge on any atom is 0.173 e. The highest BCUT2D eigenvalue weighted by Gasteiger charge is 2.28. The van der Waals surface area contributed by atoms with Crippen LogP contribution in [0, 0.1) is 11.3 Å². The predicted molar refractivity (Wildman–Crippen MR) is 106 cm³/mol. The molecule has 0 saturated heterocycles. The van der Waals surface area contributed by atoms with E-state index in [9.17, 15) is 10.1 Å². The van der Waals surface area contributed by atoms with Gasteiger partial charge in [0.05, 0.1) is 11.3 Å². The van der Waals surface area contributed by atoms with Crippen LogP contribution in [0.4, 0.5) is 0 Å². The summed E-state index contributed by atoms with van der Waals surface area (Å²) in [5.74, 6) is 0.824. The Bertz CT molecular complexity index is 971. The van der Waals surface area contributed by atoms with Gasteiger partial charge in [-0.3, -0.25) is 4.79 Å². The molecule has 128 valence electrons. The van der Waals surface area contributed by atoms with Gasteiger partial charge in [-0.15, -0.1) is 11.3 Å². The van der Waals surface area contributed by atoms with Gasteiger partial charge in [-0.1, -0.05) is 48.2 Å². The number of benzene rings is 1. The van der Waals surface area contributed by atoms with E-state index in [0.717, 1.165) is 29.0 Å². The number of Topliss-reactive ketones (excluding diaryl/α,β-unsaturated/α-hetero) is 1. The topological polar surface area (TPSA) is 53.8 Å². The third-order valence-electron chi connectivity index (χ3n) is 4.34. The predicted octanol–water partition coefficient (Wildman–Crippen LogP) is 5.53. The van der Waals surface area contributed by atoms with Crippen molar-refractivity contribution in [3.63, 3.8) is 0 Å². The minimum Gasteiger partial charge on any atom is -0.293 e. The van der Waals surface area contributed by atoms with Crippen molar-refractivity contribution in [1.29, 1.82) is 5.26 Å². The second kappa shape index (κ2) is 7.45. The molecule has 1 aliphatic carbocycles. The van der Waals surface area contributed by atoms with Crippen molar-refractivity contribution >= 4 is 28.9 Å². The van der Waals surface area contributed by atoms with Crippen LogP contribution in [0.1, 0.15) is 40.4 Å². The van der Waals surface area contributed by atoms with Crippen LogP contribution < -0.4 is 0 Å². The first-order valence-corrected chi connectivity index (χ1v) is 10.3. The second-order valence-corrected chi connectivity index (χ2v) is 8.13. The van der Waals surface area contributed by atoms with Crippen molar-refractivity contribution in [2.75, 3.05) is 5.75 Å². The Morgan fingerprint density at radius 3 is 2.69 bits per heavy atom. The molecule has 26 heavy (non-hydrogen) atoms. The number of rotatable bonds is 6. The van der Waals surface area contributed by atoms with Crippen LogP contribution in [0.25, 0.3) is 10.4 Å². The average molecular weight is 377 g/mol. The summed E-state index contributed by atoms with van der Waals surface area (Å²) in [5, 5.41) is 12.4. The lowest BCUT2D eigenvalue weighted by atomic mass is 10.1. The van der Waals surface area contributed by atoms with Crippen LogP contribution in [-0.2, 0) is 0 Å². The van der Waals surface area contributed by atoms with Crippen LogP contribution >= 0.6 is 23.1 Å². The first kappa shape index (κ1) is 17.0. The molecule has 3 nitrogen and oxygen atoms in total. The highest BCUT2D eigenvalue weighted by Crippen LogP contribution is 2.43. The Hall–Kier alpha value is -2.42. The zero-order chi connectivity index (χ0) is 17.9. The van der Waals surface area contributed by atoms with Gasteiger partial charge in [0.15, 0.2) is 5.78 Å². The molecule has 1 fully saturated rings. The molecule has 1 aromatic carbocycles. The van der Waals surface area contributed by atoms with Crippen LogP contribution in [0.5, 0.6) is 0 Å². The van der Waals surface area contributed by atoms with Gasteiger partial charge in [0.25, 0.3) is 0 Å². The molecule has 2 aromatic heterocycles. The van der Waals surface area contributed by atoms with E-state index < -0.39 is 0 Å². The highest BCUT2D eigenvalue weighted by molar-refractivity contribution is 8.00. The van der Waals surface area contributed by atoms with E-state index >= 15 is 0 Å². The zero-order valence-electron chi connectivity index (χ0n) is 14.0. The molecule has 0 unspecified atom stereocenters. The first-order valence-electron chi connectivity index (χ1n) is 8.46. The molecule has 5 heteroatoms. The summed E-state index contributed by atoms with van der Waals surface area (Å²) in [7, 11) is 0. The normalized spacial score (nSPS) is 13.3. The summed E-state index contributed by atoms with van der Waals surface area (Å²) in [6, 6.07) is 17.6. The van der Waals surface area contributed by atoms with Crippen molar-refractivity contribution in [1.82, 2.24) is 4.98 Å². The van der Waals surface area contributed by atoms with Crippen molar-refractivity contribution in [3.05, 3.63) is 70.7 Å². The molecule has 1 saturated carbocycles. The van der Waals surface area contributed by atoms with Crippen LogP contribution in [0.2, 0.25) is 0 Å². The molecule has 0 spiro atoms. The summed E-state index contributed by atoms with van der Waals surface area (Å²) in [6.45, 7) is 0. The Balaban J connectivity index is 1.66. The molecule has 0 N–H and O–H groups in total. The lowest BCUT2D eigenvalue weighted by Gasteiger charge is -2.10. The monoisotopic (exact) mass is 376 g/mol. The summed E-state index contributed by atoms with van der Waals surface area (Å²) >= 11 is 2.99. The molecule has 0 amide bonds. The number of carbonyl (C=O) groups is 1. The summed E-state index contributed by atoms with van der Waals surface area (Å²) in [6.07, 6.45) is 2.30. The van der Waals surface area contributed by atoms with Crippen LogP contribution in [-0.4, -0.2) is 16.5 Å². The average Bonchev–Trinajstić information content (AvgIpc) is 3.40. The van der Waals surface area contributed by atoms with Gasteiger partial charge in [-0.25, -0.2) is 4.98 Å². The third-order valence-corrected chi connectivity index (χ3v) is 6.21. The molecule has 0 radical (unpaired) electrons.